The fourth-order valence-electron chi connectivity index (χ4n) is 2.22. The van der Waals surface area contributed by atoms with E-state index in [0.29, 0.717) is 27.1 Å². The third-order valence-corrected chi connectivity index (χ3v) is 4.01. The molecule has 0 radical (unpaired) electrons. The van der Waals surface area contributed by atoms with Gasteiger partial charge in [-0.15, -0.1) is 0 Å². The van der Waals surface area contributed by atoms with Gasteiger partial charge in [0.05, 0.1) is 11.6 Å². The van der Waals surface area contributed by atoms with Gasteiger partial charge < -0.3 is 4.74 Å². The van der Waals surface area contributed by atoms with Crippen LogP contribution in [0.1, 0.15) is 16.7 Å². The van der Waals surface area contributed by atoms with E-state index in [9.17, 15) is 0 Å². The lowest BCUT2D eigenvalue weighted by Crippen LogP contribution is -1.95. The van der Waals surface area contributed by atoms with Crippen LogP contribution in [-0.4, -0.2) is 0 Å². The first-order valence-electron chi connectivity index (χ1n) is 7.55. The summed E-state index contributed by atoms with van der Waals surface area (Å²) in [6.45, 7) is 0. The van der Waals surface area contributed by atoms with E-state index in [-0.39, 0.29) is 0 Å². The van der Waals surface area contributed by atoms with Crippen molar-refractivity contribution >= 4 is 35.0 Å². The average Bonchev–Trinajstić information content (AvgIpc) is 2.64. The van der Waals surface area contributed by atoms with Gasteiger partial charge in [0.25, 0.3) is 0 Å². The smallest absolute Gasteiger partial charge is 0.135 e. The Morgan fingerprint density at radius 2 is 1.36 bits per heavy atom. The second kappa shape index (κ2) is 7.90. The van der Waals surface area contributed by atoms with Crippen LogP contribution in [0.25, 0.3) is 11.8 Å². The molecule has 0 unspecified atom stereocenters. The maximum Gasteiger partial charge on any atom is 0.135 e. The molecule has 4 heteroatoms. The van der Waals surface area contributed by atoms with Crippen molar-refractivity contribution < 1.29 is 4.74 Å². The van der Waals surface area contributed by atoms with E-state index >= 15 is 0 Å². The van der Waals surface area contributed by atoms with Crippen molar-refractivity contribution in [3.05, 3.63) is 99.5 Å². The molecule has 3 aromatic rings. The molecular weight excluding hydrogens is 353 g/mol. The normalized spacial score (nSPS) is 11.0. The van der Waals surface area contributed by atoms with E-state index in [1.807, 2.05) is 54.6 Å². The maximum atomic E-state index is 8.91. The van der Waals surface area contributed by atoms with Gasteiger partial charge in [0, 0.05) is 15.6 Å². The summed E-state index contributed by atoms with van der Waals surface area (Å²) in [5.74, 6) is 1.32. The van der Waals surface area contributed by atoms with Crippen LogP contribution in [0.4, 0.5) is 0 Å². The molecule has 0 saturated carbocycles. The van der Waals surface area contributed by atoms with Crippen LogP contribution in [0.5, 0.6) is 5.75 Å². The minimum absolute atomic E-state index is 0.585. The molecule has 0 aliphatic carbocycles. The lowest BCUT2D eigenvalue weighted by molar-refractivity contribution is 0.518. The Morgan fingerprint density at radius 3 is 1.92 bits per heavy atom. The maximum absolute atomic E-state index is 8.91. The number of benzene rings is 3. The molecule has 0 N–H and O–H groups in total. The zero-order chi connectivity index (χ0) is 17.6. The highest BCUT2D eigenvalue weighted by molar-refractivity contribution is 6.30. The first-order valence-corrected chi connectivity index (χ1v) is 8.31. The zero-order valence-electron chi connectivity index (χ0n) is 13.1. The molecule has 0 aliphatic rings. The molecule has 0 heterocycles. The molecule has 0 atom stereocenters. The Morgan fingerprint density at radius 1 is 0.800 bits per heavy atom. The first-order chi connectivity index (χ1) is 12.1. The number of hydrogen-bond acceptors (Lipinski definition) is 2. The third-order valence-electron chi connectivity index (χ3n) is 3.51. The summed E-state index contributed by atoms with van der Waals surface area (Å²) in [4.78, 5) is 0. The molecule has 0 amide bonds. The number of nitriles is 1. The summed E-state index contributed by atoms with van der Waals surface area (Å²) in [5, 5.41) is 10.2. The third kappa shape index (κ3) is 4.64. The quantitative estimate of drug-likeness (QED) is 0.393. The molecule has 122 valence electrons. The van der Waals surface area contributed by atoms with Gasteiger partial charge in [-0.1, -0.05) is 35.3 Å². The number of ether oxygens (including phenoxy) is 1. The van der Waals surface area contributed by atoms with E-state index < -0.39 is 0 Å². The Hall–Kier alpha value is -2.73. The van der Waals surface area contributed by atoms with Crippen LogP contribution in [0.3, 0.4) is 0 Å². The van der Waals surface area contributed by atoms with Gasteiger partial charge in [-0.2, -0.15) is 5.26 Å². The van der Waals surface area contributed by atoms with Crippen LogP contribution in [-0.2, 0) is 0 Å². The van der Waals surface area contributed by atoms with Crippen LogP contribution >= 0.6 is 23.2 Å². The highest BCUT2D eigenvalue weighted by Crippen LogP contribution is 2.25. The Bertz CT molecular complexity index is 922. The van der Waals surface area contributed by atoms with Crippen LogP contribution < -0.4 is 4.74 Å². The lowest BCUT2D eigenvalue weighted by Gasteiger charge is -2.11. The van der Waals surface area contributed by atoms with Gasteiger partial charge in [0.15, 0.2) is 0 Å². The molecular formula is C21H13Cl2NO. The number of nitrogens with zero attached hydrogens (tertiary/aromatic N) is 1. The van der Waals surface area contributed by atoms with E-state index in [4.69, 9.17) is 33.2 Å². The summed E-state index contributed by atoms with van der Waals surface area (Å²) < 4.78 is 6.05. The monoisotopic (exact) mass is 365 g/mol. The summed E-state index contributed by atoms with van der Waals surface area (Å²) in [6, 6.07) is 24.0. The summed E-state index contributed by atoms with van der Waals surface area (Å²) in [7, 11) is 0. The number of halogens is 2. The van der Waals surface area contributed by atoms with Crippen molar-refractivity contribution in [2.75, 3.05) is 0 Å². The predicted molar refractivity (Wildman–Crippen MR) is 103 cm³/mol. The lowest BCUT2D eigenvalue weighted by atomic mass is 10.1. The Kier molecular flexibility index (Phi) is 5.40. The first kappa shape index (κ1) is 17.1. The summed E-state index contributed by atoms with van der Waals surface area (Å²) in [5.41, 5.74) is 2.44. The zero-order valence-corrected chi connectivity index (χ0v) is 14.6. The SMILES string of the molecule is N#Cc1ccc(O/C(=C\c2ccc(Cl)cc2)c2ccc(Cl)cc2)cc1. The summed E-state index contributed by atoms with van der Waals surface area (Å²) in [6.07, 6.45) is 1.93. The predicted octanol–water partition coefficient (Wildman–Crippen LogP) is 6.44. The second-order valence-corrected chi connectivity index (χ2v) is 6.18. The molecule has 25 heavy (non-hydrogen) atoms. The molecule has 0 aromatic heterocycles. The fraction of sp³-hybridized carbons (Fsp3) is 0. The van der Waals surface area contributed by atoms with E-state index in [1.165, 1.54) is 0 Å². The minimum Gasteiger partial charge on any atom is -0.457 e. The van der Waals surface area contributed by atoms with Crippen molar-refractivity contribution in [1.82, 2.24) is 0 Å². The molecule has 3 aromatic carbocycles. The van der Waals surface area contributed by atoms with Crippen molar-refractivity contribution in [3.63, 3.8) is 0 Å². The topological polar surface area (TPSA) is 33.0 Å². The minimum atomic E-state index is 0.585. The molecule has 0 saturated heterocycles. The average molecular weight is 366 g/mol. The van der Waals surface area contributed by atoms with Gasteiger partial charge in [-0.05, 0) is 72.3 Å². The molecule has 0 spiro atoms. The van der Waals surface area contributed by atoms with Crippen molar-refractivity contribution in [2.45, 2.75) is 0 Å². The van der Waals surface area contributed by atoms with E-state index in [1.54, 1.807) is 24.3 Å². The van der Waals surface area contributed by atoms with E-state index in [0.717, 1.165) is 11.1 Å². The second-order valence-electron chi connectivity index (χ2n) is 5.31. The van der Waals surface area contributed by atoms with Crippen molar-refractivity contribution in [2.24, 2.45) is 0 Å². The molecule has 2 nitrogen and oxygen atoms in total. The molecule has 3 rings (SSSR count). The Labute approximate surface area is 156 Å². The van der Waals surface area contributed by atoms with Crippen LogP contribution in [0.2, 0.25) is 10.0 Å². The van der Waals surface area contributed by atoms with Crippen LogP contribution in [0.15, 0.2) is 72.8 Å². The van der Waals surface area contributed by atoms with Gasteiger partial charge in [0.1, 0.15) is 11.5 Å². The van der Waals surface area contributed by atoms with Gasteiger partial charge in [0.2, 0.25) is 0 Å². The molecule has 0 bridgehead atoms. The Balaban J connectivity index is 1.97. The van der Waals surface area contributed by atoms with Crippen LogP contribution in [0, 0.1) is 11.3 Å². The fourth-order valence-corrected chi connectivity index (χ4v) is 2.47. The largest absolute Gasteiger partial charge is 0.457 e. The highest BCUT2D eigenvalue weighted by Gasteiger charge is 2.06. The van der Waals surface area contributed by atoms with E-state index in [2.05, 4.69) is 6.07 Å². The standard InChI is InChI=1S/C21H13Cl2NO/c22-18-7-1-15(2-8-18)13-21(17-5-9-19(23)10-6-17)25-20-11-3-16(14-24)4-12-20/h1-13H/b21-13-. The highest BCUT2D eigenvalue weighted by atomic mass is 35.5. The van der Waals surface area contributed by atoms with Gasteiger partial charge in [-0.3, -0.25) is 0 Å². The molecule has 0 aliphatic heterocycles. The molecule has 0 fully saturated rings. The number of rotatable bonds is 4. The summed E-state index contributed by atoms with van der Waals surface area (Å²) >= 11 is 11.9. The number of hydrogen-bond donors (Lipinski definition) is 0. The van der Waals surface area contributed by atoms with Gasteiger partial charge >= 0.3 is 0 Å². The van der Waals surface area contributed by atoms with Crippen molar-refractivity contribution in [3.8, 4) is 11.8 Å². The van der Waals surface area contributed by atoms with Gasteiger partial charge in [-0.25, -0.2) is 0 Å². The van der Waals surface area contributed by atoms with Crippen molar-refractivity contribution in [1.29, 1.82) is 5.26 Å².